The molecule has 1 aliphatic heterocycles. The minimum Gasteiger partial charge on any atom is -0.493 e. The molecule has 3 fully saturated rings. The molecule has 7 nitrogen and oxygen atoms in total. The van der Waals surface area contributed by atoms with E-state index in [4.69, 9.17) is 14.2 Å². The maximum Gasteiger partial charge on any atom is 0.303 e. The second-order valence-electron chi connectivity index (χ2n) is 9.67. The van der Waals surface area contributed by atoms with Gasteiger partial charge in [-0.3, -0.25) is 9.59 Å². The number of carbonyl (C=O) groups is 2. The lowest BCUT2D eigenvalue weighted by Crippen LogP contribution is -2.43. The van der Waals surface area contributed by atoms with Crippen molar-refractivity contribution in [2.24, 2.45) is 11.3 Å². The summed E-state index contributed by atoms with van der Waals surface area (Å²) >= 11 is 0. The molecule has 1 amide bonds. The van der Waals surface area contributed by atoms with Crippen molar-refractivity contribution in [3.8, 4) is 11.5 Å². The monoisotopic (exact) mass is 431 g/mol. The van der Waals surface area contributed by atoms with E-state index in [1.165, 1.54) is 19.8 Å². The molecule has 1 heterocycles. The van der Waals surface area contributed by atoms with Gasteiger partial charge in [-0.05, 0) is 43.4 Å². The first-order valence-electron chi connectivity index (χ1n) is 11.2. The largest absolute Gasteiger partial charge is 0.493 e. The van der Waals surface area contributed by atoms with E-state index in [9.17, 15) is 14.7 Å². The van der Waals surface area contributed by atoms with E-state index in [0.29, 0.717) is 50.0 Å². The molecule has 3 aliphatic rings. The number of rotatable bonds is 8. The minimum atomic E-state index is -1.02. The van der Waals surface area contributed by atoms with Crippen LogP contribution in [0.2, 0.25) is 0 Å². The number of aliphatic hydroxyl groups is 1. The van der Waals surface area contributed by atoms with Crippen LogP contribution in [0.5, 0.6) is 11.5 Å². The summed E-state index contributed by atoms with van der Waals surface area (Å²) < 4.78 is 16.9. The van der Waals surface area contributed by atoms with Crippen molar-refractivity contribution < 1.29 is 28.9 Å². The van der Waals surface area contributed by atoms with Gasteiger partial charge >= 0.3 is 5.97 Å². The number of methoxy groups -OCH3 is 1. The fourth-order valence-electron chi connectivity index (χ4n) is 4.63. The molecule has 7 heteroatoms. The number of hydrogen-bond acceptors (Lipinski definition) is 6. The molecule has 31 heavy (non-hydrogen) atoms. The summed E-state index contributed by atoms with van der Waals surface area (Å²) in [6.45, 7) is 6.65. The summed E-state index contributed by atoms with van der Waals surface area (Å²) in [7, 11) is 1.62. The van der Waals surface area contributed by atoms with E-state index in [1.807, 2.05) is 25.1 Å². The summed E-state index contributed by atoms with van der Waals surface area (Å²) in [6.07, 6.45) is 2.88. The van der Waals surface area contributed by atoms with Gasteiger partial charge in [0, 0.05) is 44.2 Å². The Morgan fingerprint density at radius 1 is 1.26 bits per heavy atom. The molecular formula is C24H33NO6. The fraction of sp³-hybridized carbons (Fsp3) is 0.667. The molecule has 1 aromatic carbocycles. The summed E-state index contributed by atoms with van der Waals surface area (Å²) in [5, 5.41) is 10.7. The van der Waals surface area contributed by atoms with Crippen LogP contribution >= 0.6 is 0 Å². The Hall–Kier alpha value is -2.28. The van der Waals surface area contributed by atoms with E-state index in [2.05, 4.69) is 0 Å². The van der Waals surface area contributed by atoms with Gasteiger partial charge < -0.3 is 24.2 Å². The first kappa shape index (κ1) is 21.9. The maximum atomic E-state index is 13.2. The third-order valence-corrected chi connectivity index (χ3v) is 7.17. The molecule has 0 spiro atoms. The smallest absolute Gasteiger partial charge is 0.303 e. The molecule has 0 aromatic heterocycles. The molecule has 2 aliphatic carbocycles. The standard InChI is InChI=1S/C24H33NO6/c1-15(26)23(3)14-25(22(28)24(9-10-24)31-16(2)27)12-19(23)18-7-8-20(29-4)21(11-18)30-13-17-5-6-17/h7-8,11,15,17,19,26H,5-6,9-10,12-14H2,1-4H3/t15-,19+,23+/m1/s1. The third kappa shape index (κ3) is 4.25. The quantitative estimate of drug-likeness (QED) is 0.637. The van der Waals surface area contributed by atoms with Gasteiger partial charge in [-0.1, -0.05) is 13.0 Å². The van der Waals surface area contributed by atoms with Gasteiger partial charge in [0.1, 0.15) is 0 Å². The van der Waals surface area contributed by atoms with Crippen molar-refractivity contribution in [2.45, 2.75) is 64.1 Å². The van der Waals surface area contributed by atoms with Crippen molar-refractivity contribution in [3.63, 3.8) is 0 Å². The first-order chi connectivity index (χ1) is 14.7. The molecule has 1 N–H and O–H groups in total. The van der Waals surface area contributed by atoms with E-state index >= 15 is 0 Å². The molecule has 0 unspecified atom stereocenters. The van der Waals surface area contributed by atoms with Gasteiger partial charge in [-0.2, -0.15) is 0 Å². The zero-order valence-electron chi connectivity index (χ0n) is 18.8. The Kier molecular flexibility index (Phi) is 5.66. The number of likely N-dealkylation sites (tertiary alicyclic amines) is 1. The summed E-state index contributed by atoms with van der Waals surface area (Å²) in [5.74, 6) is 1.32. The average Bonchev–Trinajstić information content (AvgIpc) is 3.65. The normalized spacial score (nSPS) is 27.5. The second kappa shape index (κ2) is 8.01. The van der Waals surface area contributed by atoms with Crippen molar-refractivity contribution in [2.75, 3.05) is 26.8 Å². The number of nitrogens with zero attached hydrogens (tertiary/aromatic N) is 1. The van der Waals surface area contributed by atoms with Crippen LogP contribution in [0.25, 0.3) is 0 Å². The Bertz CT molecular complexity index is 860. The predicted octanol–water partition coefficient (Wildman–Crippen LogP) is 2.89. The molecule has 1 aromatic rings. The van der Waals surface area contributed by atoms with E-state index in [-0.39, 0.29) is 11.8 Å². The van der Waals surface area contributed by atoms with Crippen LogP contribution in [-0.2, 0) is 14.3 Å². The van der Waals surface area contributed by atoms with Gasteiger partial charge in [0.05, 0.1) is 19.8 Å². The van der Waals surface area contributed by atoms with Gasteiger partial charge in [-0.15, -0.1) is 0 Å². The lowest BCUT2D eigenvalue weighted by molar-refractivity contribution is -0.161. The number of esters is 1. The highest BCUT2D eigenvalue weighted by atomic mass is 16.6. The lowest BCUT2D eigenvalue weighted by atomic mass is 9.72. The number of carbonyl (C=O) groups excluding carboxylic acids is 2. The number of aliphatic hydroxyl groups excluding tert-OH is 1. The highest BCUT2D eigenvalue weighted by molar-refractivity contribution is 5.90. The van der Waals surface area contributed by atoms with Gasteiger partial charge in [0.15, 0.2) is 17.1 Å². The highest BCUT2D eigenvalue weighted by Crippen LogP contribution is 2.50. The lowest BCUT2D eigenvalue weighted by Gasteiger charge is -2.34. The zero-order valence-corrected chi connectivity index (χ0v) is 18.8. The topological polar surface area (TPSA) is 85.3 Å². The number of hydrogen-bond donors (Lipinski definition) is 1. The van der Waals surface area contributed by atoms with Crippen molar-refractivity contribution in [3.05, 3.63) is 23.8 Å². The van der Waals surface area contributed by atoms with Gasteiger partial charge in [0.25, 0.3) is 5.91 Å². The number of benzene rings is 1. The van der Waals surface area contributed by atoms with E-state index in [1.54, 1.807) is 18.9 Å². The second-order valence-corrected chi connectivity index (χ2v) is 9.67. The van der Waals surface area contributed by atoms with Crippen LogP contribution in [0.1, 0.15) is 57.9 Å². The van der Waals surface area contributed by atoms with Crippen molar-refractivity contribution >= 4 is 11.9 Å². The summed E-state index contributed by atoms with van der Waals surface area (Å²) in [6, 6.07) is 5.87. The van der Waals surface area contributed by atoms with E-state index < -0.39 is 23.1 Å². The Morgan fingerprint density at radius 2 is 1.97 bits per heavy atom. The Labute approximate surface area is 183 Å². The fourth-order valence-corrected chi connectivity index (χ4v) is 4.63. The van der Waals surface area contributed by atoms with Crippen LogP contribution in [0, 0.1) is 11.3 Å². The molecule has 0 bridgehead atoms. The summed E-state index contributed by atoms with van der Waals surface area (Å²) in [5.41, 5.74) is -0.550. The number of amides is 1. The Morgan fingerprint density at radius 3 is 2.52 bits per heavy atom. The molecule has 1 saturated heterocycles. The molecule has 170 valence electrons. The van der Waals surface area contributed by atoms with Gasteiger partial charge in [0.2, 0.25) is 0 Å². The average molecular weight is 432 g/mol. The van der Waals surface area contributed by atoms with Crippen LogP contribution in [0.4, 0.5) is 0 Å². The molecule has 4 rings (SSSR count). The van der Waals surface area contributed by atoms with Crippen molar-refractivity contribution in [1.82, 2.24) is 4.90 Å². The minimum absolute atomic E-state index is 0.0845. The van der Waals surface area contributed by atoms with Crippen LogP contribution in [0.15, 0.2) is 18.2 Å². The van der Waals surface area contributed by atoms with Gasteiger partial charge in [-0.25, -0.2) is 0 Å². The van der Waals surface area contributed by atoms with Crippen LogP contribution < -0.4 is 9.47 Å². The molecular weight excluding hydrogens is 398 g/mol. The highest BCUT2D eigenvalue weighted by Gasteiger charge is 2.59. The molecule has 0 radical (unpaired) electrons. The molecule has 3 atom stereocenters. The first-order valence-corrected chi connectivity index (χ1v) is 11.2. The third-order valence-electron chi connectivity index (χ3n) is 7.17. The van der Waals surface area contributed by atoms with E-state index in [0.717, 1.165) is 5.56 Å². The number of ether oxygens (including phenoxy) is 3. The maximum absolute atomic E-state index is 13.2. The van der Waals surface area contributed by atoms with Crippen LogP contribution in [-0.4, -0.2) is 60.4 Å². The Balaban J connectivity index is 1.59. The SMILES string of the molecule is COc1ccc([C@@H]2CN(C(=O)C3(OC(C)=O)CC3)C[C@@]2(C)[C@@H](C)O)cc1OCC1CC1. The predicted molar refractivity (Wildman–Crippen MR) is 114 cm³/mol. The van der Waals surface area contributed by atoms with Crippen molar-refractivity contribution in [1.29, 1.82) is 0 Å². The van der Waals surface area contributed by atoms with Crippen LogP contribution in [0.3, 0.4) is 0 Å². The molecule has 2 saturated carbocycles. The summed E-state index contributed by atoms with van der Waals surface area (Å²) in [4.78, 5) is 26.5. The zero-order chi connectivity index (χ0) is 22.4.